The fourth-order valence-corrected chi connectivity index (χ4v) is 3.29. The Balaban J connectivity index is 1.53. The molecule has 2 N–H and O–H groups in total. The Morgan fingerprint density at radius 1 is 1.07 bits per heavy atom. The molecule has 0 atom stereocenters. The number of carbonyl (C=O) groups is 1. The van der Waals surface area contributed by atoms with Crippen molar-refractivity contribution in [2.45, 2.75) is 13.8 Å². The first-order chi connectivity index (χ1) is 13.5. The molecule has 0 aliphatic carbocycles. The molecule has 2 heterocycles. The topological polar surface area (TPSA) is 85.4 Å². The number of nitrogens with zero attached hydrogens (tertiary/aromatic N) is 2. The van der Waals surface area contributed by atoms with Crippen molar-refractivity contribution in [2.75, 3.05) is 17.4 Å². The van der Waals surface area contributed by atoms with E-state index in [4.69, 9.17) is 21.1 Å². The minimum Gasteiger partial charge on any atom is -0.454 e. The zero-order valence-corrected chi connectivity index (χ0v) is 16.0. The molecule has 0 saturated carbocycles. The van der Waals surface area contributed by atoms with E-state index < -0.39 is 0 Å². The van der Waals surface area contributed by atoms with Crippen molar-refractivity contribution >= 4 is 34.7 Å². The van der Waals surface area contributed by atoms with E-state index in [1.807, 2.05) is 26.0 Å². The average Bonchev–Trinajstić information content (AvgIpc) is 3.12. The van der Waals surface area contributed by atoms with E-state index in [1.54, 1.807) is 24.3 Å². The molecule has 0 spiro atoms. The Kier molecular flexibility index (Phi) is 4.75. The number of anilines is 3. The van der Waals surface area contributed by atoms with E-state index in [9.17, 15) is 4.79 Å². The van der Waals surface area contributed by atoms with Crippen LogP contribution in [0, 0.1) is 13.8 Å². The summed E-state index contributed by atoms with van der Waals surface area (Å²) >= 11 is 6.33. The summed E-state index contributed by atoms with van der Waals surface area (Å²) in [5.41, 5.74) is 3.60. The van der Waals surface area contributed by atoms with Gasteiger partial charge in [0.15, 0.2) is 11.5 Å². The van der Waals surface area contributed by atoms with Crippen LogP contribution in [-0.2, 0) is 0 Å². The predicted molar refractivity (Wildman–Crippen MR) is 107 cm³/mol. The maximum Gasteiger partial charge on any atom is 0.274 e. The van der Waals surface area contributed by atoms with Gasteiger partial charge in [-0.15, -0.1) is 0 Å². The zero-order valence-electron chi connectivity index (χ0n) is 15.2. The maximum absolute atomic E-state index is 12.6. The highest BCUT2D eigenvalue weighted by Crippen LogP contribution is 2.34. The molecule has 1 amide bonds. The second kappa shape index (κ2) is 7.36. The number of aryl methyl sites for hydroxylation is 2. The van der Waals surface area contributed by atoms with Gasteiger partial charge in [-0.05, 0) is 43.2 Å². The van der Waals surface area contributed by atoms with Crippen LogP contribution in [0.5, 0.6) is 11.5 Å². The second-order valence-corrected chi connectivity index (χ2v) is 6.78. The van der Waals surface area contributed by atoms with Gasteiger partial charge >= 0.3 is 0 Å². The number of rotatable bonds is 4. The molecule has 1 aliphatic heterocycles. The Morgan fingerprint density at radius 3 is 2.71 bits per heavy atom. The SMILES string of the molecule is Cc1cc(C)c(Nc2cc(C(=O)Nc3ccc4c(c3)OCO4)ncn2)c(Cl)c1. The number of carbonyl (C=O) groups excluding carboxylic acids is 1. The quantitative estimate of drug-likeness (QED) is 0.676. The summed E-state index contributed by atoms with van der Waals surface area (Å²) in [6, 6.07) is 10.6. The van der Waals surface area contributed by atoms with Gasteiger partial charge in [-0.3, -0.25) is 4.79 Å². The summed E-state index contributed by atoms with van der Waals surface area (Å²) in [5, 5.41) is 6.54. The number of benzene rings is 2. The highest BCUT2D eigenvalue weighted by atomic mass is 35.5. The van der Waals surface area contributed by atoms with Gasteiger partial charge in [0.2, 0.25) is 6.79 Å². The minimum absolute atomic E-state index is 0.175. The van der Waals surface area contributed by atoms with Crippen LogP contribution in [0.4, 0.5) is 17.2 Å². The molecule has 8 heteroatoms. The number of ether oxygens (including phenoxy) is 2. The third-order valence-electron chi connectivity index (χ3n) is 4.21. The summed E-state index contributed by atoms with van der Waals surface area (Å²) in [6.45, 7) is 4.11. The van der Waals surface area contributed by atoms with Gasteiger partial charge in [0.25, 0.3) is 5.91 Å². The van der Waals surface area contributed by atoms with Gasteiger partial charge in [0, 0.05) is 17.8 Å². The first-order valence-electron chi connectivity index (χ1n) is 8.56. The highest BCUT2D eigenvalue weighted by molar-refractivity contribution is 6.33. The molecule has 1 aliphatic rings. The first kappa shape index (κ1) is 18.1. The lowest BCUT2D eigenvalue weighted by Gasteiger charge is -2.12. The van der Waals surface area contributed by atoms with Crippen molar-refractivity contribution in [3.8, 4) is 11.5 Å². The molecule has 4 rings (SSSR count). The van der Waals surface area contributed by atoms with Gasteiger partial charge < -0.3 is 20.1 Å². The average molecular weight is 397 g/mol. The van der Waals surface area contributed by atoms with Crippen LogP contribution in [0.1, 0.15) is 21.6 Å². The van der Waals surface area contributed by atoms with Crippen molar-refractivity contribution in [3.63, 3.8) is 0 Å². The zero-order chi connectivity index (χ0) is 19.7. The smallest absolute Gasteiger partial charge is 0.274 e. The van der Waals surface area contributed by atoms with Crippen molar-refractivity contribution < 1.29 is 14.3 Å². The minimum atomic E-state index is -0.365. The molecule has 2 aromatic carbocycles. The standard InChI is InChI=1S/C20H17ClN4O3/c1-11-5-12(2)19(14(21)6-11)25-18-8-15(22-9-23-18)20(26)24-13-3-4-16-17(7-13)28-10-27-16/h3-9H,10H2,1-2H3,(H,24,26)(H,22,23,25). The van der Waals surface area contributed by atoms with E-state index >= 15 is 0 Å². The Hall–Kier alpha value is -3.32. The summed E-state index contributed by atoms with van der Waals surface area (Å²) < 4.78 is 10.6. The van der Waals surface area contributed by atoms with Gasteiger partial charge in [-0.25, -0.2) is 9.97 Å². The molecule has 0 unspecified atom stereocenters. The van der Waals surface area contributed by atoms with E-state index in [1.165, 1.54) is 6.33 Å². The molecule has 142 valence electrons. The lowest BCUT2D eigenvalue weighted by Crippen LogP contribution is -2.14. The first-order valence-corrected chi connectivity index (χ1v) is 8.94. The monoisotopic (exact) mass is 396 g/mol. The van der Waals surface area contributed by atoms with Crippen molar-refractivity contribution in [1.29, 1.82) is 0 Å². The van der Waals surface area contributed by atoms with Crippen molar-refractivity contribution in [1.82, 2.24) is 9.97 Å². The lowest BCUT2D eigenvalue weighted by molar-refractivity contribution is 0.102. The summed E-state index contributed by atoms with van der Waals surface area (Å²) in [6.07, 6.45) is 1.33. The van der Waals surface area contributed by atoms with Gasteiger partial charge in [0.05, 0.1) is 10.7 Å². The van der Waals surface area contributed by atoms with Gasteiger partial charge in [-0.1, -0.05) is 17.7 Å². The largest absolute Gasteiger partial charge is 0.454 e. The molecule has 0 radical (unpaired) electrons. The number of nitrogens with one attached hydrogen (secondary N) is 2. The molecule has 0 bridgehead atoms. The van der Waals surface area contributed by atoms with Crippen LogP contribution in [0.15, 0.2) is 42.7 Å². The molecular weight excluding hydrogens is 380 g/mol. The molecule has 7 nitrogen and oxygen atoms in total. The molecule has 3 aromatic rings. The molecule has 1 aromatic heterocycles. The maximum atomic E-state index is 12.6. The molecule has 28 heavy (non-hydrogen) atoms. The third kappa shape index (κ3) is 3.70. The second-order valence-electron chi connectivity index (χ2n) is 6.37. The molecule has 0 fully saturated rings. The normalized spacial score (nSPS) is 12.0. The molecular formula is C20H17ClN4O3. The van der Waals surface area contributed by atoms with E-state index in [-0.39, 0.29) is 18.4 Å². The fourth-order valence-electron chi connectivity index (χ4n) is 2.92. The number of hydrogen-bond acceptors (Lipinski definition) is 6. The predicted octanol–water partition coefficient (Wildman–Crippen LogP) is 4.47. The summed E-state index contributed by atoms with van der Waals surface area (Å²) in [7, 11) is 0. The van der Waals surface area contributed by atoms with E-state index in [0.717, 1.165) is 16.8 Å². The fraction of sp³-hybridized carbons (Fsp3) is 0.150. The van der Waals surface area contributed by atoms with Crippen LogP contribution in [-0.4, -0.2) is 22.7 Å². The molecule has 0 saturated heterocycles. The Bertz CT molecular complexity index is 1050. The van der Waals surface area contributed by atoms with E-state index in [2.05, 4.69) is 20.6 Å². The number of fused-ring (bicyclic) bond motifs is 1. The third-order valence-corrected chi connectivity index (χ3v) is 4.51. The van der Waals surface area contributed by atoms with Crippen LogP contribution in [0.25, 0.3) is 0 Å². The van der Waals surface area contributed by atoms with E-state index in [0.29, 0.717) is 28.0 Å². The van der Waals surface area contributed by atoms with Crippen LogP contribution in [0.2, 0.25) is 5.02 Å². The number of amides is 1. The van der Waals surface area contributed by atoms with Crippen LogP contribution >= 0.6 is 11.6 Å². The number of hydrogen-bond donors (Lipinski definition) is 2. The lowest BCUT2D eigenvalue weighted by atomic mass is 10.1. The van der Waals surface area contributed by atoms with Gasteiger partial charge in [-0.2, -0.15) is 0 Å². The van der Waals surface area contributed by atoms with Crippen molar-refractivity contribution in [2.24, 2.45) is 0 Å². The Labute approximate surface area is 166 Å². The summed E-state index contributed by atoms with van der Waals surface area (Å²) in [5.74, 6) is 1.35. The highest BCUT2D eigenvalue weighted by Gasteiger charge is 2.16. The van der Waals surface area contributed by atoms with Gasteiger partial charge in [0.1, 0.15) is 17.8 Å². The number of halogens is 1. The van der Waals surface area contributed by atoms with Crippen molar-refractivity contribution in [3.05, 3.63) is 64.6 Å². The van der Waals surface area contributed by atoms with Crippen LogP contribution < -0.4 is 20.1 Å². The Morgan fingerprint density at radius 2 is 1.89 bits per heavy atom. The summed E-state index contributed by atoms with van der Waals surface area (Å²) in [4.78, 5) is 20.8. The number of aromatic nitrogens is 2. The van der Waals surface area contributed by atoms with Crippen LogP contribution in [0.3, 0.4) is 0 Å².